The molecule has 0 unspecified atom stereocenters. The monoisotopic (exact) mass is 620 g/mol. The summed E-state index contributed by atoms with van der Waals surface area (Å²) in [5.41, 5.74) is -6.78. The molecule has 0 amide bonds. The summed E-state index contributed by atoms with van der Waals surface area (Å²) in [4.78, 5) is 38.6. The summed E-state index contributed by atoms with van der Waals surface area (Å²) < 4.78 is 0. The Morgan fingerprint density at radius 2 is 0.483 bits per heavy atom. The zero-order valence-electron chi connectivity index (χ0n) is 17.6. The first kappa shape index (κ1) is 38.3. The number of hydrogen-bond acceptors (Lipinski definition) is 12. The summed E-state index contributed by atoms with van der Waals surface area (Å²) >= 11 is 0. The Hall–Kier alpha value is -1.36. The van der Waals surface area contributed by atoms with Crippen molar-refractivity contribution in [1.29, 1.82) is 0 Å². The SMILES string of the molecule is CC(C)(O)C(=O)[O-].CC(C)(O)C(=O)[O-].CC(C)(O)C(=O)[O-].CC(C)(O)C(=O)[O-].[Pb]. The van der Waals surface area contributed by atoms with Gasteiger partial charge in [-0.1, -0.05) is 0 Å². The van der Waals surface area contributed by atoms with Gasteiger partial charge in [-0.2, -0.15) is 0 Å². The molecule has 0 aliphatic rings. The molecule has 0 aliphatic heterocycles. The molecular weight excluding hydrogens is 591 g/mol. The normalized spacial score (nSPS) is 10.9. The molecule has 0 aromatic heterocycles. The number of carboxylic acids is 4. The van der Waals surface area contributed by atoms with Gasteiger partial charge in [-0.15, -0.1) is 0 Å². The van der Waals surface area contributed by atoms with Crippen LogP contribution < -0.4 is 20.4 Å². The molecule has 0 rings (SSSR count). The number of carboxylic acid groups (broad SMARTS) is 4. The molecule has 0 aliphatic carbocycles. The average molecular weight is 620 g/mol. The van der Waals surface area contributed by atoms with E-state index in [9.17, 15) is 39.6 Å². The Morgan fingerprint density at radius 1 is 0.448 bits per heavy atom. The van der Waals surface area contributed by atoms with Crippen molar-refractivity contribution in [3.05, 3.63) is 0 Å². The van der Waals surface area contributed by atoms with Crippen LogP contribution in [0, 0.1) is 0 Å². The number of aliphatic hydroxyl groups is 4. The standard InChI is InChI=1S/4C4H8O3.Pb/c4*1-4(2,7)3(5)6;/h4*7H,1-2H3,(H,5,6);/p-4. The predicted molar refractivity (Wildman–Crippen MR) is 91.0 cm³/mol. The fourth-order valence-electron chi connectivity index (χ4n) is 0. The second-order valence-electron chi connectivity index (χ2n) is 7.39. The zero-order valence-corrected chi connectivity index (χ0v) is 21.4. The van der Waals surface area contributed by atoms with Gasteiger partial charge >= 0.3 is 0 Å². The van der Waals surface area contributed by atoms with Crippen molar-refractivity contribution in [3.8, 4) is 0 Å². The third-order valence-corrected chi connectivity index (χ3v) is 2.00. The molecule has 0 aromatic carbocycles. The van der Waals surface area contributed by atoms with Gasteiger partial charge in [-0.05, 0) is 55.4 Å². The molecule has 0 saturated heterocycles. The van der Waals surface area contributed by atoms with Crippen molar-refractivity contribution in [2.75, 3.05) is 0 Å². The maximum atomic E-state index is 9.66. The summed E-state index contributed by atoms with van der Waals surface area (Å²) in [6.45, 7) is 9.24. The van der Waals surface area contributed by atoms with E-state index in [1.807, 2.05) is 0 Å². The van der Waals surface area contributed by atoms with Crippen molar-refractivity contribution in [2.24, 2.45) is 0 Å². The molecule has 12 nitrogen and oxygen atoms in total. The van der Waals surface area contributed by atoms with Gasteiger partial charge < -0.3 is 60.0 Å². The maximum Gasteiger partial charge on any atom is 0.0983 e. The van der Waals surface area contributed by atoms with Crippen LogP contribution in [0.25, 0.3) is 0 Å². The van der Waals surface area contributed by atoms with Crippen LogP contribution in [0.5, 0.6) is 0 Å². The topological polar surface area (TPSA) is 241 Å². The van der Waals surface area contributed by atoms with Gasteiger partial charge in [-0.3, -0.25) is 0 Å². The third kappa shape index (κ3) is 31.6. The fourth-order valence-corrected chi connectivity index (χ4v) is 0. The van der Waals surface area contributed by atoms with Crippen LogP contribution in [-0.4, -0.2) is 94.0 Å². The third-order valence-electron chi connectivity index (χ3n) is 2.00. The summed E-state index contributed by atoms with van der Waals surface area (Å²) in [7, 11) is 0. The van der Waals surface area contributed by atoms with Crippen molar-refractivity contribution in [3.63, 3.8) is 0 Å². The predicted octanol–water partition coefficient (Wildman–Crippen LogP) is -6.35. The number of hydrogen-bond donors (Lipinski definition) is 4. The fraction of sp³-hybridized carbons (Fsp3) is 0.750. The van der Waals surface area contributed by atoms with Crippen LogP contribution in [-0.2, 0) is 19.2 Å². The van der Waals surface area contributed by atoms with Crippen LogP contribution in [0.15, 0.2) is 0 Å². The van der Waals surface area contributed by atoms with Crippen LogP contribution in [0.4, 0.5) is 0 Å². The van der Waals surface area contributed by atoms with Crippen molar-refractivity contribution >= 4 is 51.2 Å². The molecule has 0 spiro atoms. The van der Waals surface area contributed by atoms with Crippen molar-refractivity contribution < 1.29 is 60.0 Å². The molecule has 0 atom stereocenters. The second-order valence-corrected chi connectivity index (χ2v) is 7.39. The van der Waals surface area contributed by atoms with Gasteiger partial charge in [0.2, 0.25) is 0 Å². The first-order valence-corrected chi connectivity index (χ1v) is 7.53. The summed E-state index contributed by atoms with van der Waals surface area (Å²) in [5, 5.41) is 72.4. The van der Waals surface area contributed by atoms with Gasteiger partial charge in [0.05, 0.1) is 46.3 Å². The van der Waals surface area contributed by atoms with E-state index < -0.39 is 46.3 Å². The molecule has 0 bridgehead atoms. The summed E-state index contributed by atoms with van der Waals surface area (Å²) in [6.07, 6.45) is 0. The smallest absolute Gasteiger partial charge is 0.0983 e. The molecule has 4 radical (unpaired) electrons. The van der Waals surface area contributed by atoms with Gasteiger partial charge in [-0.25, -0.2) is 0 Å². The van der Waals surface area contributed by atoms with Gasteiger partial charge in [0.25, 0.3) is 0 Å². The Labute approximate surface area is 189 Å². The Morgan fingerprint density at radius 3 is 0.483 bits per heavy atom. The molecular formula is C16H28O12Pb-4. The van der Waals surface area contributed by atoms with E-state index in [2.05, 4.69) is 0 Å². The van der Waals surface area contributed by atoms with Crippen LogP contribution in [0.3, 0.4) is 0 Å². The van der Waals surface area contributed by atoms with E-state index in [4.69, 9.17) is 20.4 Å². The van der Waals surface area contributed by atoms with Crippen LogP contribution in [0.1, 0.15) is 55.4 Å². The maximum absolute atomic E-state index is 9.66. The van der Waals surface area contributed by atoms with Gasteiger partial charge in [0, 0.05) is 27.3 Å². The number of carbonyl (C=O) groups excluding carboxylic acids is 4. The summed E-state index contributed by atoms with van der Waals surface area (Å²) in [5.74, 6) is -5.81. The van der Waals surface area contributed by atoms with E-state index in [0.29, 0.717) is 0 Å². The molecule has 0 heterocycles. The largest absolute Gasteiger partial charge is 0.547 e. The molecule has 172 valence electrons. The minimum Gasteiger partial charge on any atom is -0.547 e. The molecule has 4 N–H and O–H groups in total. The number of aliphatic carboxylic acids is 4. The molecule has 29 heavy (non-hydrogen) atoms. The van der Waals surface area contributed by atoms with E-state index in [0.717, 1.165) is 55.4 Å². The minimum absolute atomic E-state index is 0. The van der Waals surface area contributed by atoms with Gasteiger partial charge in [0.1, 0.15) is 0 Å². The average Bonchev–Trinajstić information content (AvgIpc) is 2.35. The minimum atomic E-state index is -1.69. The van der Waals surface area contributed by atoms with Crippen molar-refractivity contribution in [2.45, 2.75) is 77.8 Å². The number of rotatable bonds is 4. The molecule has 0 aromatic rings. The molecule has 13 heteroatoms. The second kappa shape index (κ2) is 14.6. The Balaban J connectivity index is -0.0000000873. The van der Waals surface area contributed by atoms with Gasteiger partial charge in [0.15, 0.2) is 0 Å². The summed E-state index contributed by atoms with van der Waals surface area (Å²) in [6, 6.07) is 0. The molecule has 0 fully saturated rings. The van der Waals surface area contributed by atoms with E-state index >= 15 is 0 Å². The van der Waals surface area contributed by atoms with Crippen molar-refractivity contribution in [1.82, 2.24) is 0 Å². The molecule has 0 saturated carbocycles. The van der Waals surface area contributed by atoms with E-state index in [1.54, 1.807) is 0 Å². The first-order chi connectivity index (χ1) is 11.8. The van der Waals surface area contributed by atoms with Crippen LogP contribution in [0.2, 0.25) is 0 Å². The zero-order chi connectivity index (χ0) is 24.3. The van der Waals surface area contributed by atoms with E-state index in [1.165, 1.54) is 0 Å². The van der Waals surface area contributed by atoms with E-state index in [-0.39, 0.29) is 27.3 Å². The first-order valence-electron chi connectivity index (χ1n) is 7.53. The van der Waals surface area contributed by atoms with Crippen LogP contribution >= 0.6 is 0 Å². The Kier molecular flexibility index (Phi) is 19.3. The number of carbonyl (C=O) groups is 4. The Bertz CT molecular complexity index is 420. The quantitative estimate of drug-likeness (QED) is 0.215.